The van der Waals surface area contributed by atoms with Crippen molar-refractivity contribution < 1.29 is 4.90 Å². The summed E-state index contributed by atoms with van der Waals surface area (Å²) in [7, 11) is 0. The summed E-state index contributed by atoms with van der Waals surface area (Å²) in [6.45, 7) is 13.3. The predicted molar refractivity (Wildman–Crippen MR) is 99.8 cm³/mol. The summed E-state index contributed by atoms with van der Waals surface area (Å²) in [5, 5.41) is 12.7. The van der Waals surface area contributed by atoms with Gasteiger partial charge in [-0.05, 0) is 42.8 Å². The van der Waals surface area contributed by atoms with Crippen LogP contribution in [0.25, 0.3) is 0 Å². The monoisotopic (exact) mass is 343 g/mol. The first-order chi connectivity index (χ1) is 12.1. The fourth-order valence-electron chi connectivity index (χ4n) is 3.69. The van der Waals surface area contributed by atoms with Gasteiger partial charge in [0.2, 0.25) is 5.82 Å². The van der Waals surface area contributed by atoms with Gasteiger partial charge in [-0.3, -0.25) is 0 Å². The molecule has 136 valence electrons. The molecule has 0 bridgehead atoms. The molecule has 0 amide bonds. The lowest BCUT2D eigenvalue weighted by atomic mass is 10.0. The van der Waals surface area contributed by atoms with Crippen LogP contribution in [0.5, 0.6) is 0 Å². The number of aromatic nitrogens is 4. The van der Waals surface area contributed by atoms with Gasteiger partial charge in [0, 0.05) is 12.1 Å². The first kappa shape index (κ1) is 17.9. The van der Waals surface area contributed by atoms with Gasteiger partial charge in [0.1, 0.15) is 6.04 Å². The van der Waals surface area contributed by atoms with Gasteiger partial charge in [-0.15, -0.1) is 5.10 Å². The van der Waals surface area contributed by atoms with Crippen LogP contribution in [0.1, 0.15) is 52.4 Å². The molecule has 0 saturated carbocycles. The second-order valence-corrected chi connectivity index (χ2v) is 7.56. The molecule has 1 aliphatic rings. The Morgan fingerprint density at radius 1 is 1.12 bits per heavy atom. The molecule has 1 aliphatic heterocycles. The van der Waals surface area contributed by atoms with Crippen LogP contribution in [0, 0.1) is 0 Å². The van der Waals surface area contributed by atoms with Crippen molar-refractivity contribution >= 4 is 5.69 Å². The highest BCUT2D eigenvalue weighted by molar-refractivity contribution is 5.46. The zero-order chi connectivity index (χ0) is 17.9. The van der Waals surface area contributed by atoms with Crippen molar-refractivity contribution in [1.82, 2.24) is 20.2 Å². The van der Waals surface area contributed by atoms with Crippen LogP contribution >= 0.6 is 0 Å². The van der Waals surface area contributed by atoms with Crippen molar-refractivity contribution in [2.24, 2.45) is 0 Å². The van der Waals surface area contributed by atoms with Gasteiger partial charge in [0.05, 0.1) is 31.7 Å². The van der Waals surface area contributed by atoms with Crippen molar-refractivity contribution in [3.8, 4) is 0 Å². The summed E-state index contributed by atoms with van der Waals surface area (Å²) in [6, 6.07) is 11.1. The second kappa shape index (κ2) is 7.52. The van der Waals surface area contributed by atoms with Gasteiger partial charge in [0.15, 0.2) is 0 Å². The maximum absolute atomic E-state index is 4.42. The number of tetrazole rings is 1. The van der Waals surface area contributed by atoms with E-state index in [1.54, 1.807) is 4.90 Å². The van der Waals surface area contributed by atoms with E-state index in [1.807, 2.05) is 0 Å². The number of hydrogen-bond acceptors (Lipinski definition) is 4. The number of anilines is 1. The molecule has 1 N–H and O–H groups in total. The Labute approximate surface area is 150 Å². The fraction of sp³-hybridized carbons (Fsp3) is 0.632. The Morgan fingerprint density at radius 2 is 1.80 bits per heavy atom. The largest absolute Gasteiger partial charge is 0.360 e. The minimum absolute atomic E-state index is 0.0441. The number of quaternary nitrogens is 1. The average Bonchev–Trinajstić information content (AvgIpc) is 3.14. The summed E-state index contributed by atoms with van der Waals surface area (Å²) in [4.78, 5) is 4.08. The summed E-state index contributed by atoms with van der Waals surface area (Å²) in [5.41, 5.74) is 1.28. The van der Waals surface area contributed by atoms with Crippen LogP contribution in [0.15, 0.2) is 30.3 Å². The highest BCUT2D eigenvalue weighted by atomic mass is 15.6. The van der Waals surface area contributed by atoms with Crippen molar-refractivity contribution in [3.05, 3.63) is 36.2 Å². The molecule has 3 rings (SSSR count). The molecule has 0 radical (unpaired) electrons. The highest BCUT2D eigenvalue weighted by Crippen LogP contribution is 2.22. The van der Waals surface area contributed by atoms with E-state index in [-0.39, 0.29) is 5.54 Å². The molecule has 6 nitrogen and oxygen atoms in total. The molecule has 2 heterocycles. The van der Waals surface area contributed by atoms with Crippen LogP contribution in [-0.2, 0) is 5.54 Å². The lowest BCUT2D eigenvalue weighted by Gasteiger charge is -2.37. The molecule has 2 aromatic rings. The number of piperazine rings is 1. The molecule has 1 atom stereocenters. The van der Waals surface area contributed by atoms with Gasteiger partial charge in [-0.1, -0.05) is 32.0 Å². The third kappa shape index (κ3) is 3.68. The number of hydrogen-bond donors (Lipinski definition) is 1. The Kier molecular flexibility index (Phi) is 5.37. The number of para-hydroxylation sites is 1. The molecular weight excluding hydrogens is 312 g/mol. The molecule has 6 heteroatoms. The molecule has 0 aliphatic carbocycles. The third-order valence-corrected chi connectivity index (χ3v) is 5.67. The van der Waals surface area contributed by atoms with Gasteiger partial charge in [-0.2, -0.15) is 0 Å². The van der Waals surface area contributed by atoms with E-state index in [0.29, 0.717) is 6.04 Å². The smallest absolute Gasteiger partial charge is 0.209 e. The Morgan fingerprint density at radius 3 is 2.40 bits per heavy atom. The minimum Gasteiger partial charge on any atom is -0.360 e. The zero-order valence-electron chi connectivity index (χ0n) is 15.9. The minimum atomic E-state index is -0.0441. The highest BCUT2D eigenvalue weighted by Gasteiger charge is 2.34. The maximum Gasteiger partial charge on any atom is 0.209 e. The second-order valence-electron chi connectivity index (χ2n) is 7.56. The molecule has 0 unspecified atom stereocenters. The SMILES string of the molecule is CC[C@@H](c1nnnn1C(C)(C)CC)[NH+]1CCN(c2ccccc2)CC1. The molecule has 0 spiro atoms. The van der Waals surface area contributed by atoms with Crippen LogP contribution in [-0.4, -0.2) is 46.4 Å². The number of nitrogens with one attached hydrogen (secondary N) is 1. The van der Waals surface area contributed by atoms with Gasteiger partial charge >= 0.3 is 0 Å². The topological polar surface area (TPSA) is 51.3 Å². The van der Waals surface area contributed by atoms with Crippen LogP contribution in [0.2, 0.25) is 0 Å². The van der Waals surface area contributed by atoms with Crippen LogP contribution in [0.3, 0.4) is 0 Å². The first-order valence-electron chi connectivity index (χ1n) is 9.50. The average molecular weight is 343 g/mol. The Bertz CT molecular complexity index is 658. The molecular formula is C19H31N6+. The van der Waals surface area contributed by atoms with Crippen molar-refractivity contribution in [1.29, 1.82) is 0 Å². The predicted octanol–water partition coefficient (Wildman–Crippen LogP) is 1.67. The molecule has 1 saturated heterocycles. The van der Waals surface area contributed by atoms with Crippen molar-refractivity contribution in [2.75, 3.05) is 31.1 Å². The number of benzene rings is 1. The van der Waals surface area contributed by atoms with Crippen LogP contribution < -0.4 is 9.80 Å². The zero-order valence-corrected chi connectivity index (χ0v) is 15.9. The van der Waals surface area contributed by atoms with E-state index in [0.717, 1.165) is 44.8 Å². The summed E-state index contributed by atoms with van der Waals surface area (Å²) in [6.07, 6.45) is 2.07. The Balaban J connectivity index is 1.73. The standard InChI is InChI=1S/C19H30N6/c1-5-17(18-20-21-22-25(18)19(3,4)6-2)24-14-12-23(13-15-24)16-10-8-7-9-11-16/h7-11,17H,5-6,12-15H2,1-4H3/p+1/t17-/m0/s1. The van der Waals surface area contributed by atoms with E-state index in [1.165, 1.54) is 5.69 Å². The van der Waals surface area contributed by atoms with E-state index < -0.39 is 0 Å². The lowest BCUT2D eigenvalue weighted by molar-refractivity contribution is -0.933. The molecule has 1 aromatic carbocycles. The summed E-state index contributed by atoms with van der Waals surface area (Å²) < 4.78 is 2.05. The maximum atomic E-state index is 4.42. The lowest BCUT2D eigenvalue weighted by Crippen LogP contribution is -3.15. The number of nitrogens with zero attached hydrogens (tertiary/aromatic N) is 5. The Hall–Kier alpha value is -1.95. The van der Waals surface area contributed by atoms with E-state index in [9.17, 15) is 0 Å². The van der Waals surface area contributed by atoms with E-state index in [2.05, 4.69) is 83.1 Å². The van der Waals surface area contributed by atoms with E-state index >= 15 is 0 Å². The number of rotatable bonds is 6. The van der Waals surface area contributed by atoms with Crippen molar-refractivity contribution in [3.63, 3.8) is 0 Å². The van der Waals surface area contributed by atoms with Crippen LogP contribution in [0.4, 0.5) is 5.69 Å². The fourth-order valence-corrected chi connectivity index (χ4v) is 3.69. The van der Waals surface area contributed by atoms with E-state index in [4.69, 9.17) is 0 Å². The summed E-state index contributed by atoms with van der Waals surface area (Å²) in [5.74, 6) is 1.04. The third-order valence-electron chi connectivity index (χ3n) is 5.67. The molecule has 25 heavy (non-hydrogen) atoms. The molecule has 1 aromatic heterocycles. The first-order valence-corrected chi connectivity index (χ1v) is 9.50. The molecule has 1 fully saturated rings. The summed E-state index contributed by atoms with van der Waals surface area (Å²) >= 11 is 0. The van der Waals surface area contributed by atoms with Gasteiger partial charge in [-0.25, -0.2) is 4.68 Å². The quantitative estimate of drug-likeness (QED) is 0.867. The van der Waals surface area contributed by atoms with Gasteiger partial charge < -0.3 is 9.80 Å². The van der Waals surface area contributed by atoms with Gasteiger partial charge in [0.25, 0.3) is 0 Å². The normalized spacial score (nSPS) is 17.7. The van der Waals surface area contributed by atoms with Crippen molar-refractivity contribution in [2.45, 2.75) is 52.1 Å².